The number of esters is 2. The summed E-state index contributed by atoms with van der Waals surface area (Å²) in [6.07, 6.45) is 2.45. The lowest BCUT2D eigenvalue weighted by Gasteiger charge is -2.29. The molecule has 1 saturated heterocycles. The molecule has 0 aliphatic carbocycles. The van der Waals surface area contributed by atoms with Crippen LogP contribution in [-0.2, 0) is 19.1 Å². The predicted molar refractivity (Wildman–Crippen MR) is 85.9 cm³/mol. The highest BCUT2D eigenvalue weighted by Crippen LogP contribution is 2.28. The van der Waals surface area contributed by atoms with E-state index in [1.807, 2.05) is 32.9 Å². The number of benzene rings is 1. The van der Waals surface area contributed by atoms with Crippen LogP contribution in [0.4, 0.5) is 0 Å². The molecule has 0 radical (unpaired) electrons. The Kier molecular flexibility index (Phi) is 4.78. The molecule has 0 saturated carbocycles. The standard InChI is InChI=1S/C18H22O5/c1-6-7-21-13-8-11(2)14(12(3)9-13)10-15-16(19)22-18(4,5)23-17(15)20/h8-10H,6-7H2,1-5H3. The van der Waals surface area contributed by atoms with E-state index < -0.39 is 17.7 Å². The largest absolute Gasteiger partial charge is 0.494 e. The minimum atomic E-state index is -1.23. The van der Waals surface area contributed by atoms with E-state index in [2.05, 4.69) is 0 Å². The SMILES string of the molecule is CCCOc1cc(C)c(C=C2C(=O)OC(C)(C)OC2=O)c(C)c1. The highest BCUT2D eigenvalue weighted by Gasteiger charge is 2.38. The summed E-state index contributed by atoms with van der Waals surface area (Å²) in [6, 6.07) is 3.77. The summed E-state index contributed by atoms with van der Waals surface area (Å²) < 4.78 is 15.8. The molecular formula is C18H22O5. The third kappa shape index (κ3) is 3.92. The molecule has 1 heterocycles. The highest BCUT2D eigenvalue weighted by molar-refractivity contribution is 6.19. The van der Waals surface area contributed by atoms with Gasteiger partial charge in [0.25, 0.3) is 5.79 Å². The smallest absolute Gasteiger partial charge is 0.348 e. The van der Waals surface area contributed by atoms with Gasteiger partial charge in [-0.25, -0.2) is 9.59 Å². The van der Waals surface area contributed by atoms with Gasteiger partial charge in [0.2, 0.25) is 0 Å². The summed E-state index contributed by atoms with van der Waals surface area (Å²) >= 11 is 0. The Labute approximate surface area is 136 Å². The van der Waals surface area contributed by atoms with Gasteiger partial charge >= 0.3 is 11.9 Å². The van der Waals surface area contributed by atoms with Crippen LogP contribution in [0.3, 0.4) is 0 Å². The van der Waals surface area contributed by atoms with Crippen molar-refractivity contribution in [1.82, 2.24) is 0 Å². The van der Waals surface area contributed by atoms with Gasteiger partial charge in [0.05, 0.1) is 6.61 Å². The fourth-order valence-corrected chi connectivity index (χ4v) is 2.39. The van der Waals surface area contributed by atoms with Gasteiger partial charge in [0, 0.05) is 13.8 Å². The molecule has 0 atom stereocenters. The normalized spacial score (nSPS) is 16.7. The molecule has 5 nitrogen and oxygen atoms in total. The Hall–Kier alpha value is -2.30. The van der Waals surface area contributed by atoms with Crippen molar-refractivity contribution in [2.45, 2.75) is 46.8 Å². The van der Waals surface area contributed by atoms with Crippen LogP contribution in [0.25, 0.3) is 6.08 Å². The predicted octanol–water partition coefficient (Wildman–Crippen LogP) is 3.31. The number of cyclic esters (lactones) is 2. The summed E-state index contributed by atoms with van der Waals surface area (Å²) in [5, 5.41) is 0. The molecular weight excluding hydrogens is 296 g/mol. The third-order valence-electron chi connectivity index (χ3n) is 3.45. The molecule has 0 unspecified atom stereocenters. The molecule has 1 aromatic rings. The van der Waals surface area contributed by atoms with Gasteiger partial charge in [-0.3, -0.25) is 0 Å². The summed E-state index contributed by atoms with van der Waals surface area (Å²) in [6.45, 7) is 9.54. The fraction of sp³-hybridized carbons (Fsp3) is 0.444. The molecule has 1 fully saturated rings. The molecule has 1 aliphatic rings. The van der Waals surface area contributed by atoms with E-state index in [1.165, 1.54) is 19.9 Å². The lowest BCUT2D eigenvalue weighted by atomic mass is 9.99. The van der Waals surface area contributed by atoms with Crippen molar-refractivity contribution in [3.63, 3.8) is 0 Å². The van der Waals surface area contributed by atoms with Crippen molar-refractivity contribution < 1.29 is 23.8 Å². The van der Waals surface area contributed by atoms with E-state index in [0.29, 0.717) is 6.61 Å². The van der Waals surface area contributed by atoms with Crippen LogP contribution < -0.4 is 4.74 Å². The Bertz CT molecular complexity index is 625. The second-order valence-electron chi connectivity index (χ2n) is 6.06. The molecule has 1 aliphatic heterocycles. The molecule has 0 N–H and O–H groups in total. The first-order chi connectivity index (χ1) is 10.7. The van der Waals surface area contributed by atoms with Crippen molar-refractivity contribution in [1.29, 1.82) is 0 Å². The van der Waals surface area contributed by atoms with Crippen LogP contribution in [0.2, 0.25) is 0 Å². The van der Waals surface area contributed by atoms with Gasteiger partial charge in [0.15, 0.2) is 0 Å². The van der Waals surface area contributed by atoms with Gasteiger partial charge in [-0.05, 0) is 55.2 Å². The Balaban J connectivity index is 2.35. The quantitative estimate of drug-likeness (QED) is 0.484. The van der Waals surface area contributed by atoms with Gasteiger partial charge in [-0.15, -0.1) is 0 Å². The lowest BCUT2D eigenvalue weighted by molar-refractivity contribution is -0.222. The lowest BCUT2D eigenvalue weighted by Crippen LogP contribution is -2.41. The molecule has 0 aromatic heterocycles. The molecule has 0 bridgehead atoms. The van der Waals surface area contributed by atoms with Gasteiger partial charge < -0.3 is 14.2 Å². The number of carbonyl (C=O) groups is 2. The zero-order chi connectivity index (χ0) is 17.2. The summed E-state index contributed by atoms with van der Waals surface area (Å²) in [5.74, 6) is -1.79. The van der Waals surface area contributed by atoms with Crippen LogP contribution in [0.15, 0.2) is 17.7 Å². The summed E-state index contributed by atoms with van der Waals surface area (Å²) in [5.41, 5.74) is 2.51. The Morgan fingerprint density at radius 2 is 1.61 bits per heavy atom. The zero-order valence-electron chi connectivity index (χ0n) is 14.2. The number of rotatable bonds is 4. The van der Waals surface area contributed by atoms with Gasteiger partial charge in [0.1, 0.15) is 11.3 Å². The second kappa shape index (κ2) is 6.44. The molecule has 124 valence electrons. The van der Waals surface area contributed by atoms with E-state index in [1.54, 1.807) is 0 Å². The first-order valence-corrected chi connectivity index (χ1v) is 7.66. The molecule has 0 spiro atoms. The number of ether oxygens (including phenoxy) is 3. The molecule has 0 amide bonds. The molecule has 23 heavy (non-hydrogen) atoms. The number of hydrogen-bond donors (Lipinski definition) is 0. The second-order valence-corrected chi connectivity index (χ2v) is 6.06. The molecule has 5 heteroatoms. The average molecular weight is 318 g/mol. The number of hydrogen-bond acceptors (Lipinski definition) is 5. The van der Waals surface area contributed by atoms with Gasteiger partial charge in [-0.2, -0.15) is 0 Å². The Morgan fingerprint density at radius 1 is 1.09 bits per heavy atom. The third-order valence-corrected chi connectivity index (χ3v) is 3.45. The minimum Gasteiger partial charge on any atom is -0.494 e. The zero-order valence-corrected chi connectivity index (χ0v) is 14.2. The van der Waals surface area contributed by atoms with Crippen LogP contribution >= 0.6 is 0 Å². The monoisotopic (exact) mass is 318 g/mol. The van der Waals surface area contributed by atoms with Crippen molar-refractivity contribution >= 4 is 18.0 Å². The van der Waals surface area contributed by atoms with E-state index in [0.717, 1.165) is 28.9 Å². The topological polar surface area (TPSA) is 61.8 Å². The fourth-order valence-electron chi connectivity index (χ4n) is 2.39. The van der Waals surface area contributed by atoms with Crippen molar-refractivity contribution in [2.24, 2.45) is 0 Å². The summed E-state index contributed by atoms with van der Waals surface area (Å²) in [7, 11) is 0. The van der Waals surface area contributed by atoms with Crippen LogP contribution in [-0.4, -0.2) is 24.3 Å². The average Bonchev–Trinajstić information content (AvgIpc) is 2.41. The van der Waals surface area contributed by atoms with Crippen molar-refractivity contribution in [3.8, 4) is 5.75 Å². The number of aryl methyl sites for hydroxylation is 2. The maximum atomic E-state index is 12.0. The van der Waals surface area contributed by atoms with Gasteiger partial charge in [-0.1, -0.05) is 6.92 Å². The first kappa shape index (κ1) is 17.1. The highest BCUT2D eigenvalue weighted by atomic mass is 16.7. The molecule has 1 aromatic carbocycles. The van der Waals surface area contributed by atoms with Crippen molar-refractivity contribution in [3.05, 3.63) is 34.4 Å². The van der Waals surface area contributed by atoms with E-state index >= 15 is 0 Å². The maximum Gasteiger partial charge on any atom is 0.348 e. The van der Waals surface area contributed by atoms with E-state index in [9.17, 15) is 9.59 Å². The number of carbonyl (C=O) groups excluding carboxylic acids is 2. The minimum absolute atomic E-state index is 0.0993. The van der Waals surface area contributed by atoms with Crippen LogP contribution in [0.5, 0.6) is 5.75 Å². The van der Waals surface area contributed by atoms with E-state index in [-0.39, 0.29) is 5.57 Å². The van der Waals surface area contributed by atoms with Crippen LogP contribution in [0, 0.1) is 13.8 Å². The van der Waals surface area contributed by atoms with Crippen molar-refractivity contribution in [2.75, 3.05) is 6.61 Å². The summed E-state index contributed by atoms with van der Waals surface area (Å²) in [4.78, 5) is 24.1. The Morgan fingerprint density at radius 3 is 2.09 bits per heavy atom. The molecule has 2 rings (SSSR count). The first-order valence-electron chi connectivity index (χ1n) is 7.66. The maximum absolute atomic E-state index is 12.0. The van der Waals surface area contributed by atoms with E-state index in [4.69, 9.17) is 14.2 Å². The van der Waals surface area contributed by atoms with Crippen LogP contribution in [0.1, 0.15) is 43.9 Å².